The smallest absolute Gasteiger partial charge is 0.270 e. The first-order valence-corrected chi connectivity index (χ1v) is 11.1. The van der Waals surface area contributed by atoms with Crippen molar-refractivity contribution in [3.63, 3.8) is 0 Å². The number of thioether (sulfide) groups is 1. The SMILES string of the molecule is COc1ccc(Cc2nnc(SCC(=O)c3cccc([N+](=O)[O-])c3)n2-c2ccccc2)cc1. The molecule has 8 nitrogen and oxygen atoms in total. The molecular weight excluding hydrogens is 440 g/mol. The molecule has 0 saturated heterocycles. The van der Waals surface area contributed by atoms with E-state index in [1.165, 1.54) is 30.0 Å². The zero-order valence-electron chi connectivity index (χ0n) is 17.7. The van der Waals surface area contributed by atoms with E-state index < -0.39 is 4.92 Å². The number of benzene rings is 3. The molecule has 9 heteroatoms. The second-order valence-electron chi connectivity index (χ2n) is 7.11. The molecule has 1 aromatic heterocycles. The number of carbonyl (C=O) groups excluding carboxylic acids is 1. The minimum atomic E-state index is -0.513. The van der Waals surface area contributed by atoms with E-state index in [4.69, 9.17) is 4.74 Å². The van der Waals surface area contributed by atoms with Gasteiger partial charge < -0.3 is 4.74 Å². The maximum absolute atomic E-state index is 12.7. The van der Waals surface area contributed by atoms with Crippen molar-refractivity contribution in [3.05, 3.63) is 106 Å². The summed E-state index contributed by atoms with van der Waals surface area (Å²) < 4.78 is 7.15. The fourth-order valence-corrected chi connectivity index (χ4v) is 4.14. The third-order valence-corrected chi connectivity index (χ3v) is 5.88. The van der Waals surface area contributed by atoms with E-state index in [2.05, 4.69) is 10.2 Å². The van der Waals surface area contributed by atoms with E-state index in [0.29, 0.717) is 17.1 Å². The van der Waals surface area contributed by atoms with Crippen LogP contribution in [0.15, 0.2) is 84.0 Å². The van der Waals surface area contributed by atoms with Crippen molar-refractivity contribution in [2.75, 3.05) is 12.9 Å². The summed E-state index contributed by atoms with van der Waals surface area (Å²) in [4.78, 5) is 23.2. The molecule has 3 aromatic carbocycles. The van der Waals surface area contributed by atoms with Crippen molar-refractivity contribution >= 4 is 23.2 Å². The number of rotatable bonds is 9. The van der Waals surface area contributed by atoms with E-state index in [1.807, 2.05) is 59.2 Å². The Hall–Kier alpha value is -3.98. The van der Waals surface area contributed by atoms with Gasteiger partial charge >= 0.3 is 0 Å². The Morgan fingerprint density at radius 2 is 1.79 bits per heavy atom. The molecule has 0 aliphatic carbocycles. The lowest BCUT2D eigenvalue weighted by atomic mass is 10.1. The molecule has 0 N–H and O–H groups in total. The molecule has 0 atom stereocenters. The minimum Gasteiger partial charge on any atom is -0.497 e. The molecule has 0 amide bonds. The van der Waals surface area contributed by atoms with E-state index >= 15 is 0 Å². The van der Waals surface area contributed by atoms with Gasteiger partial charge in [0.15, 0.2) is 10.9 Å². The van der Waals surface area contributed by atoms with Gasteiger partial charge in [-0.2, -0.15) is 0 Å². The summed E-state index contributed by atoms with van der Waals surface area (Å²) in [5.41, 5.74) is 2.11. The van der Waals surface area contributed by atoms with E-state index in [9.17, 15) is 14.9 Å². The number of ketones is 1. The Labute approximate surface area is 194 Å². The third kappa shape index (κ3) is 5.27. The molecular formula is C24H20N4O4S. The first-order valence-electron chi connectivity index (χ1n) is 10.1. The van der Waals surface area contributed by atoms with Crippen molar-refractivity contribution in [1.82, 2.24) is 14.8 Å². The van der Waals surface area contributed by atoms with Gasteiger partial charge in [0.1, 0.15) is 11.6 Å². The van der Waals surface area contributed by atoms with Gasteiger partial charge in [0, 0.05) is 29.8 Å². The molecule has 0 saturated carbocycles. The number of methoxy groups -OCH3 is 1. The highest BCUT2D eigenvalue weighted by Gasteiger charge is 2.18. The highest BCUT2D eigenvalue weighted by Crippen LogP contribution is 2.25. The Bertz CT molecular complexity index is 1270. The zero-order chi connectivity index (χ0) is 23.2. The largest absolute Gasteiger partial charge is 0.497 e. The third-order valence-electron chi connectivity index (χ3n) is 4.95. The van der Waals surface area contributed by atoms with E-state index in [-0.39, 0.29) is 17.2 Å². The molecule has 0 fully saturated rings. The molecule has 0 aliphatic rings. The van der Waals surface area contributed by atoms with Crippen molar-refractivity contribution in [1.29, 1.82) is 0 Å². The number of nitro groups is 1. The number of aromatic nitrogens is 3. The number of nitrogens with zero attached hydrogens (tertiary/aromatic N) is 4. The van der Waals surface area contributed by atoms with Gasteiger partial charge in [-0.1, -0.05) is 54.2 Å². The quantitative estimate of drug-likeness (QED) is 0.154. The molecule has 33 heavy (non-hydrogen) atoms. The highest BCUT2D eigenvalue weighted by molar-refractivity contribution is 7.99. The van der Waals surface area contributed by atoms with Gasteiger partial charge in [0.2, 0.25) is 0 Å². The van der Waals surface area contributed by atoms with Crippen LogP contribution in [0, 0.1) is 10.1 Å². The Morgan fingerprint density at radius 3 is 2.48 bits per heavy atom. The van der Waals surface area contributed by atoms with Gasteiger partial charge in [0.05, 0.1) is 17.8 Å². The molecule has 4 aromatic rings. The highest BCUT2D eigenvalue weighted by atomic mass is 32.2. The van der Waals surface area contributed by atoms with Crippen LogP contribution in [0.5, 0.6) is 5.75 Å². The average molecular weight is 461 g/mol. The Kier molecular flexibility index (Phi) is 6.80. The summed E-state index contributed by atoms with van der Waals surface area (Å²) in [5.74, 6) is 1.37. The molecule has 0 radical (unpaired) electrons. The fourth-order valence-electron chi connectivity index (χ4n) is 3.28. The van der Waals surface area contributed by atoms with Gasteiger partial charge in [-0.25, -0.2) is 0 Å². The van der Waals surface area contributed by atoms with E-state index in [0.717, 1.165) is 22.8 Å². The van der Waals surface area contributed by atoms with Gasteiger partial charge in [-0.15, -0.1) is 10.2 Å². The van der Waals surface area contributed by atoms with Crippen molar-refractivity contribution < 1.29 is 14.5 Å². The molecule has 0 unspecified atom stereocenters. The van der Waals surface area contributed by atoms with Gasteiger partial charge in [-0.3, -0.25) is 19.5 Å². The molecule has 0 bridgehead atoms. The molecule has 0 aliphatic heterocycles. The van der Waals surface area contributed by atoms with Crippen LogP contribution < -0.4 is 4.74 Å². The van der Waals surface area contributed by atoms with Crippen molar-refractivity contribution in [3.8, 4) is 11.4 Å². The Morgan fingerprint density at radius 1 is 1.03 bits per heavy atom. The standard InChI is InChI=1S/C24H20N4O4S/c1-32-21-12-10-17(11-13-21)14-23-25-26-24(27(23)19-7-3-2-4-8-19)33-16-22(29)18-6-5-9-20(15-18)28(30)31/h2-13,15H,14,16H2,1H3. The number of para-hydroxylation sites is 1. The lowest BCUT2D eigenvalue weighted by Gasteiger charge is -2.10. The van der Waals surface area contributed by atoms with Crippen LogP contribution in [-0.2, 0) is 6.42 Å². The summed E-state index contributed by atoms with van der Waals surface area (Å²) in [6, 6.07) is 23.2. The summed E-state index contributed by atoms with van der Waals surface area (Å²) in [5, 5.41) is 20.3. The number of hydrogen-bond donors (Lipinski definition) is 0. The van der Waals surface area contributed by atoms with Crippen molar-refractivity contribution in [2.24, 2.45) is 0 Å². The van der Waals surface area contributed by atoms with Crippen LogP contribution >= 0.6 is 11.8 Å². The van der Waals surface area contributed by atoms with Crippen LogP contribution in [0.1, 0.15) is 21.7 Å². The predicted octanol–water partition coefficient (Wildman–Crippen LogP) is 4.75. The van der Waals surface area contributed by atoms with Crippen LogP contribution in [0.4, 0.5) is 5.69 Å². The fraction of sp³-hybridized carbons (Fsp3) is 0.125. The maximum Gasteiger partial charge on any atom is 0.270 e. The molecule has 166 valence electrons. The number of Topliss-reactive ketones (excluding diaryl/α,β-unsaturated/α-hetero) is 1. The minimum absolute atomic E-state index is 0.0780. The summed E-state index contributed by atoms with van der Waals surface area (Å²) in [6.07, 6.45) is 0.547. The topological polar surface area (TPSA) is 100 Å². The number of hydrogen-bond acceptors (Lipinski definition) is 7. The number of non-ortho nitro benzene ring substituents is 1. The first kappa shape index (κ1) is 22.2. The lowest BCUT2D eigenvalue weighted by Crippen LogP contribution is -2.07. The van der Waals surface area contributed by atoms with Gasteiger partial charge in [0.25, 0.3) is 5.69 Å². The zero-order valence-corrected chi connectivity index (χ0v) is 18.6. The number of carbonyl (C=O) groups is 1. The maximum atomic E-state index is 12.7. The van der Waals surface area contributed by atoms with Crippen LogP contribution in [-0.4, -0.2) is 38.3 Å². The summed E-state index contributed by atoms with van der Waals surface area (Å²) in [6.45, 7) is 0. The lowest BCUT2D eigenvalue weighted by molar-refractivity contribution is -0.384. The molecule has 1 heterocycles. The van der Waals surface area contributed by atoms with Crippen molar-refractivity contribution in [2.45, 2.75) is 11.6 Å². The van der Waals surface area contributed by atoms with Crippen LogP contribution in [0.25, 0.3) is 5.69 Å². The summed E-state index contributed by atoms with van der Waals surface area (Å²) >= 11 is 1.25. The normalized spacial score (nSPS) is 10.7. The van der Waals surface area contributed by atoms with Crippen LogP contribution in [0.3, 0.4) is 0 Å². The predicted molar refractivity (Wildman–Crippen MR) is 125 cm³/mol. The monoisotopic (exact) mass is 460 g/mol. The summed E-state index contributed by atoms with van der Waals surface area (Å²) in [7, 11) is 1.62. The first-order chi connectivity index (χ1) is 16.0. The van der Waals surface area contributed by atoms with Crippen LogP contribution in [0.2, 0.25) is 0 Å². The molecule has 0 spiro atoms. The van der Waals surface area contributed by atoms with Gasteiger partial charge in [-0.05, 0) is 29.8 Å². The average Bonchev–Trinajstić information content (AvgIpc) is 3.25. The number of ether oxygens (including phenoxy) is 1. The number of nitro benzene ring substituents is 1. The second kappa shape index (κ2) is 10.1. The van der Waals surface area contributed by atoms with E-state index in [1.54, 1.807) is 13.2 Å². The molecule has 4 rings (SSSR count). The second-order valence-corrected chi connectivity index (χ2v) is 8.06. The Balaban J connectivity index is 1.58.